The van der Waals surface area contributed by atoms with Crippen LogP contribution >= 0.6 is 10.7 Å². The summed E-state index contributed by atoms with van der Waals surface area (Å²) in [5.41, 5.74) is 0.261. The smallest absolute Gasteiger partial charge is 0.261 e. The number of methoxy groups -OCH3 is 1. The van der Waals surface area contributed by atoms with E-state index >= 15 is 0 Å². The van der Waals surface area contributed by atoms with Gasteiger partial charge in [0, 0.05) is 16.7 Å². The summed E-state index contributed by atoms with van der Waals surface area (Å²) >= 11 is 0. The Balaban J connectivity index is 3.37. The van der Waals surface area contributed by atoms with Gasteiger partial charge < -0.3 is 4.74 Å². The second-order valence-electron chi connectivity index (χ2n) is 2.41. The van der Waals surface area contributed by atoms with Gasteiger partial charge in [-0.25, -0.2) is 8.42 Å². The molecular weight excluding hydrogens is 226 g/mol. The first-order chi connectivity index (χ1) is 6.49. The summed E-state index contributed by atoms with van der Waals surface area (Å²) in [6.07, 6.45) is 0. The van der Waals surface area contributed by atoms with Crippen molar-refractivity contribution in [1.29, 1.82) is 5.26 Å². The fourth-order valence-electron chi connectivity index (χ4n) is 0.916. The lowest BCUT2D eigenvalue weighted by Gasteiger charge is -2.03. The average Bonchev–Trinajstić information content (AvgIpc) is 2.15. The van der Waals surface area contributed by atoms with Crippen LogP contribution in [0.25, 0.3) is 0 Å². The highest BCUT2D eigenvalue weighted by molar-refractivity contribution is 8.13. The zero-order chi connectivity index (χ0) is 10.8. The molecule has 6 heteroatoms. The Kier molecular flexibility index (Phi) is 2.99. The SMILES string of the molecule is COc1cc(S(=O)(=O)Cl)ccc1C#N. The maximum Gasteiger partial charge on any atom is 0.261 e. The van der Waals surface area contributed by atoms with Gasteiger partial charge in [0.05, 0.1) is 17.6 Å². The van der Waals surface area contributed by atoms with Gasteiger partial charge in [-0.15, -0.1) is 0 Å². The van der Waals surface area contributed by atoms with Gasteiger partial charge in [-0.3, -0.25) is 0 Å². The lowest BCUT2D eigenvalue weighted by atomic mass is 10.2. The zero-order valence-corrected chi connectivity index (χ0v) is 8.76. The Labute approximate surface area is 86.1 Å². The van der Waals surface area contributed by atoms with Gasteiger partial charge in [-0.2, -0.15) is 5.26 Å². The quantitative estimate of drug-likeness (QED) is 0.724. The van der Waals surface area contributed by atoms with Gasteiger partial charge in [-0.05, 0) is 12.1 Å². The Bertz CT molecular complexity index is 490. The largest absolute Gasteiger partial charge is 0.495 e. The van der Waals surface area contributed by atoms with E-state index in [9.17, 15) is 8.42 Å². The predicted octanol–water partition coefficient (Wildman–Crippen LogP) is 1.49. The van der Waals surface area contributed by atoms with Gasteiger partial charge in [0.2, 0.25) is 0 Å². The lowest BCUT2D eigenvalue weighted by molar-refractivity contribution is 0.412. The molecular formula is C8H6ClNO3S. The van der Waals surface area contributed by atoms with E-state index in [0.29, 0.717) is 0 Å². The zero-order valence-electron chi connectivity index (χ0n) is 7.19. The van der Waals surface area contributed by atoms with E-state index in [1.807, 2.05) is 6.07 Å². The predicted molar refractivity (Wildman–Crippen MR) is 50.7 cm³/mol. The van der Waals surface area contributed by atoms with Crippen molar-refractivity contribution < 1.29 is 13.2 Å². The summed E-state index contributed by atoms with van der Waals surface area (Å²) in [5, 5.41) is 8.63. The van der Waals surface area contributed by atoms with Crippen molar-refractivity contribution in [2.24, 2.45) is 0 Å². The molecule has 74 valence electrons. The minimum absolute atomic E-state index is 0.0879. The van der Waals surface area contributed by atoms with E-state index in [1.165, 1.54) is 25.3 Å². The summed E-state index contributed by atoms with van der Waals surface area (Å²) in [5.74, 6) is 0.189. The van der Waals surface area contributed by atoms with E-state index < -0.39 is 9.05 Å². The molecule has 0 aromatic heterocycles. The highest BCUT2D eigenvalue weighted by Gasteiger charge is 2.12. The molecule has 0 saturated heterocycles. The number of hydrogen-bond acceptors (Lipinski definition) is 4. The van der Waals surface area contributed by atoms with Crippen LogP contribution in [-0.2, 0) is 9.05 Å². The molecule has 1 aromatic rings. The second kappa shape index (κ2) is 3.86. The van der Waals surface area contributed by atoms with Crippen LogP contribution in [0.3, 0.4) is 0 Å². The number of nitrogens with zero attached hydrogens (tertiary/aromatic N) is 1. The molecule has 0 radical (unpaired) electrons. The standard InChI is InChI=1S/C8H6ClNO3S/c1-13-8-4-7(14(9,11)12)3-2-6(8)5-10/h2-4H,1H3. The molecule has 0 spiro atoms. The van der Waals surface area contributed by atoms with E-state index in [4.69, 9.17) is 20.7 Å². The lowest BCUT2D eigenvalue weighted by Crippen LogP contribution is -1.94. The van der Waals surface area contributed by atoms with Gasteiger partial charge in [0.25, 0.3) is 9.05 Å². The molecule has 0 aliphatic rings. The molecule has 0 aliphatic heterocycles. The van der Waals surface area contributed by atoms with Crippen LogP contribution in [0.1, 0.15) is 5.56 Å². The topological polar surface area (TPSA) is 67.2 Å². The molecule has 0 atom stereocenters. The van der Waals surface area contributed by atoms with Crippen molar-refractivity contribution in [3.05, 3.63) is 23.8 Å². The summed E-state index contributed by atoms with van der Waals surface area (Å²) in [6.45, 7) is 0. The molecule has 0 aliphatic carbocycles. The third-order valence-electron chi connectivity index (χ3n) is 1.57. The maximum atomic E-state index is 10.9. The highest BCUT2D eigenvalue weighted by atomic mass is 35.7. The molecule has 0 heterocycles. The van der Waals surface area contributed by atoms with Crippen LogP contribution in [0, 0.1) is 11.3 Å². The molecule has 1 rings (SSSR count). The number of nitriles is 1. The Hall–Kier alpha value is -1.25. The second-order valence-corrected chi connectivity index (χ2v) is 4.98. The third-order valence-corrected chi connectivity index (χ3v) is 2.93. The number of rotatable bonds is 2. The number of halogens is 1. The van der Waals surface area contributed by atoms with Gasteiger partial charge in [-0.1, -0.05) is 0 Å². The van der Waals surface area contributed by atoms with Crippen molar-refractivity contribution in [2.75, 3.05) is 7.11 Å². The molecule has 14 heavy (non-hydrogen) atoms. The molecule has 0 saturated carbocycles. The van der Waals surface area contributed by atoms with Crippen LogP contribution in [0.5, 0.6) is 5.75 Å². The molecule has 0 fully saturated rings. The molecule has 0 N–H and O–H groups in total. The van der Waals surface area contributed by atoms with E-state index in [2.05, 4.69) is 0 Å². The van der Waals surface area contributed by atoms with Crippen molar-refractivity contribution in [1.82, 2.24) is 0 Å². The first-order valence-corrected chi connectivity index (χ1v) is 5.83. The minimum atomic E-state index is -3.78. The molecule has 1 aromatic carbocycles. The van der Waals surface area contributed by atoms with E-state index in [-0.39, 0.29) is 16.2 Å². The highest BCUT2D eigenvalue weighted by Crippen LogP contribution is 2.24. The first kappa shape index (κ1) is 10.8. The van der Waals surface area contributed by atoms with Crippen LogP contribution < -0.4 is 4.74 Å². The minimum Gasteiger partial charge on any atom is -0.495 e. The summed E-state index contributed by atoms with van der Waals surface area (Å²) in [7, 11) is 2.69. The van der Waals surface area contributed by atoms with Gasteiger partial charge in [0.1, 0.15) is 11.8 Å². The fourth-order valence-corrected chi connectivity index (χ4v) is 1.68. The molecule has 0 amide bonds. The third kappa shape index (κ3) is 2.16. The average molecular weight is 232 g/mol. The fraction of sp³-hybridized carbons (Fsp3) is 0.125. The molecule has 4 nitrogen and oxygen atoms in total. The van der Waals surface area contributed by atoms with E-state index in [0.717, 1.165) is 0 Å². The Morgan fingerprint density at radius 3 is 2.57 bits per heavy atom. The monoisotopic (exact) mass is 231 g/mol. The summed E-state index contributed by atoms with van der Waals surface area (Å²) in [6, 6.07) is 5.67. The van der Waals surface area contributed by atoms with Crippen LogP contribution in [0.4, 0.5) is 0 Å². The number of ether oxygens (including phenoxy) is 1. The van der Waals surface area contributed by atoms with Gasteiger partial charge in [0.15, 0.2) is 0 Å². The first-order valence-electron chi connectivity index (χ1n) is 3.52. The van der Waals surface area contributed by atoms with Crippen LogP contribution in [-0.4, -0.2) is 15.5 Å². The van der Waals surface area contributed by atoms with Crippen LogP contribution in [0.2, 0.25) is 0 Å². The Morgan fingerprint density at radius 1 is 1.50 bits per heavy atom. The summed E-state index contributed by atoms with van der Waals surface area (Å²) < 4.78 is 26.7. The normalized spacial score (nSPS) is 10.6. The Morgan fingerprint density at radius 2 is 2.14 bits per heavy atom. The molecule has 0 bridgehead atoms. The van der Waals surface area contributed by atoms with Crippen molar-refractivity contribution in [3.8, 4) is 11.8 Å². The summed E-state index contributed by atoms with van der Waals surface area (Å²) in [4.78, 5) is -0.0879. The maximum absolute atomic E-state index is 10.9. The van der Waals surface area contributed by atoms with Crippen molar-refractivity contribution in [2.45, 2.75) is 4.90 Å². The van der Waals surface area contributed by atoms with Gasteiger partial charge >= 0.3 is 0 Å². The molecule has 0 unspecified atom stereocenters. The number of benzene rings is 1. The van der Waals surface area contributed by atoms with Crippen molar-refractivity contribution in [3.63, 3.8) is 0 Å². The number of hydrogen-bond donors (Lipinski definition) is 0. The van der Waals surface area contributed by atoms with E-state index in [1.54, 1.807) is 0 Å². The van der Waals surface area contributed by atoms with Crippen LogP contribution in [0.15, 0.2) is 23.1 Å². The van der Waals surface area contributed by atoms with Crippen molar-refractivity contribution >= 4 is 19.7 Å².